The van der Waals surface area contributed by atoms with E-state index in [1.807, 2.05) is 0 Å². The van der Waals surface area contributed by atoms with Gasteiger partial charge in [-0.15, -0.1) is 28.8 Å². The monoisotopic (exact) mass is 730 g/mol. The second-order valence-electron chi connectivity index (χ2n) is 9.77. The van der Waals surface area contributed by atoms with E-state index in [0.717, 1.165) is 17.4 Å². The Morgan fingerprint density at radius 1 is 1.16 bits per heavy atom. The average molecular weight is 731 g/mol. The predicted octanol–water partition coefficient (Wildman–Crippen LogP) is 2.93. The van der Waals surface area contributed by atoms with Crippen LogP contribution in [-0.4, -0.2) is 80.6 Å². The number of amides is 1. The van der Waals surface area contributed by atoms with Gasteiger partial charge >= 0.3 is 5.69 Å². The highest BCUT2D eigenvalue weighted by molar-refractivity contribution is 14.0. The fraction of sp³-hybridized carbons (Fsp3) is 0.464. The van der Waals surface area contributed by atoms with E-state index in [-0.39, 0.29) is 49.5 Å². The van der Waals surface area contributed by atoms with E-state index in [0.29, 0.717) is 51.8 Å². The van der Waals surface area contributed by atoms with Crippen LogP contribution in [0, 0.1) is 12.7 Å². The molecular weight excluding hydrogens is 694 g/mol. The van der Waals surface area contributed by atoms with Crippen LogP contribution in [0.2, 0.25) is 0 Å². The van der Waals surface area contributed by atoms with Crippen molar-refractivity contribution >= 4 is 51.4 Å². The van der Waals surface area contributed by atoms with Crippen molar-refractivity contribution in [3.8, 4) is 10.8 Å². The van der Waals surface area contributed by atoms with Gasteiger partial charge < -0.3 is 19.5 Å². The smallest absolute Gasteiger partial charge is 0.332 e. The molecule has 1 aliphatic rings. The maximum Gasteiger partial charge on any atom is 0.332 e. The number of benzene rings is 1. The Labute approximate surface area is 268 Å². The van der Waals surface area contributed by atoms with E-state index in [1.165, 1.54) is 58.4 Å². The van der Waals surface area contributed by atoms with Crippen LogP contribution in [0.4, 0.5) is 4.39 Å². The van der Waals surface area contributed by atoms with Crippen molar-refractivity contribution in [2.24, 2.45) is 0 Å². The first-order valence-electron chi connectivity index (χ1n) is 13.6. The SMILES string of the molecule is COCCO.COc1ccc(F)cc1CCn1c(=O)n(C(C)C(=O)N2CCCC2)c(=O)c2c(C)c(-n3nccn3)sc21.I. The standard InChI is InChI=1S/C25H27FN6O4S.C3H8O2.HI/c1-15-20-22(34)31(16(2)21(33)29-11-4-5-12-29)25(35)30(24(20)37-23(15)32-27-9-10-28-32)13-8-17-14-18(26)6-7-19(17)36-3;1-5-3-2-4;/h6-7,9-10,14,16H,4-5,8,11-13H2,1-3H3;4H,2-3H2,1H3;1H. The first-order chi connectivity index (χ1) is 20.2. The van der Waals surface area contributed by atoms with Crippen LogP contribution in [-0.2, 0) is 22.5 Å². The summed E-state index contributed by atoms with van der Waals surface area (Å²) in [5.74, 6) is -0.168. The van der Waals surface area contributed by atoms with Gasteiger partial charge in [-0.2, -0.15) is 10.2 Å². The summed E-state index contributed by atoms with van der Waals surface area (Å²) in [6.45, 7) is 5.30. The Morgan fingerprint density at radius 2 is 1.84 bits per heavy atom. The Hall–Kier alpha value is -3.15. The number of aromatic nitrogens is 5. The molecule has 43 heavy (non-hydrogen) atoms. The first-order valence-corrected chi connectivity index (χ1v) is 14.4. The molecule has 1 unspecified atom stereocenters. The van der Waals surface area contributed by atoms with Gasteiger partial charge in [0.25, 0.3) is 5.56 Å². The average Bonchev–Trinajstić information content (AvgIpc) is 3.76. The van der Waals surface area contributed by atoms with E-state index in [9.17, 15) is 18.8 Å². The molecule has 12 nitrogen and oxygen atoms in total. The van der Waals surface area contributed by atoms with Crippen LogP contribution >= 0.6 is 35.3 Å². The minimum atomic E-state index is -0.969. The molecule has 1 aromatic carbocycles. The fourth-order valence-corrected chi connectivity index (χ4v) is 6.22. The Bertz CT molecular complexity index is 1650. The molecule has 1 aliphatic heterocycles. The number of fused-ring (bicyclic) bond motifs is 1. The van der Waals surface area contributed by atoms with Crippen molar-refractivity contribution in [3.05, 3.63) is 68.4 Å². The van der Waals surface area contributed by atoms with E-state index in [4.69, 9.17) is 9.84 Å². The van der Waals surface area contributed by atoms with E-state index < -0.39 is 23.1 Å². The normalized spacial score (nSPS) is 13.4. The van der Waals surface area contributed by atoms with Gasteiger partial charge in [0.15, 0.2) is 0 Å². The van der Waals surface area contributed by atoms with Crippen molar-refractivity contribution in [2.45, 2.75) is 45.7 Å². The quantitative estimate of drug-likeness (QED) is 0.260. The number of aryl methyl sites for hydroxylation is 3. The molecule has 4 heterocycles. The maximum absolute atomic E-state index is 14.0. The van der Waals surface area contributed by atoms with Crippen LogP contribution in [0.1, 0.15) is 36.9 Å². The predicted molar refractivity (Wildman–Crippen MR) is 172 cm³/mol. The maximum atomic E-state index is 14.0. The lowest BCUT2D eigenvalue weighted by Crippen LogP contribution is -2.46. The molecule has 1 amide bonds. The summed E-state index contributed by atoms with van der Waals surface area (Å²) >= 11 is 1.23. The van der Waals surface area contributed by atoms with Gasteiger partial charge in [-0.3, -0.25) is 14.2 Å². The lowest BCUT2D eigenvalue weighted by molar-refractivity contribution is -0.133. The number of aliphatic hydroxyl groups excluding tert-OH is 1. The molecule has 5 rings (SSSR count). The highest BCUT2D eigenvalue weighted by Gasteiger charge is 2.30. The van der Waals surface area contributed by atoms with Gasteiger partial charge in [0.05, 0.1) is 38.1 Å². The van der Waals surface area contributed by atoms with Crippen molar-refractivity contribution < 1.29 is 23.8 Å². The molecule has 1 N–H and O–H groups in total. The molecule has 0 bridgehead atoms. The van der Waals surface area contributed by atoms with Crippen LogP contribution < -0.4 is 16.0 Å². The summed E-state index contributed by atoms with van der Waals surface area (Å²) in [5.41, 5.74) is 0.0949. The second-order valence-corrected chi connectivity index (χ2v) is 10.7. The molecule has 234 valence electrons. The number of methoxy groups -OCH3 is 2. The molecule has 15 heteroatoms. The third kappa shape index (κ3) is 7.33. The Morgan fingerprint density at radius 3 is 2.42 bits per heavy atom. The van der Waals surface area contributed by atoms with Gasteiger partial charge in [-0.1, -0.05) is 11.3 Å². The van der Waals surface area contributed by atoms with Gasteiger partial charge in [0, 0.05) is 32.3 Å². The lowest BCUT2D eigenvalue weighted by Gasteiger charge is -2.22. The minimum Gasteiger partial charge on any atom is -0.496 e. The highest BCUT2D eigenvalue weighted by atomic mass is 127. The molecule has 0 spiro atoms. The van der Waals surface area contributed by atoms with Crippen molar-refractivity contribution in [1.29, 1.82) is 0 Å². The molecule has 0 radical (unpaired) electrons. The number of hydrogen-bond acceptors (Lipinski definition) is 9. The molecule has 0 saturated carbocycles. The van der Waals surface area contributed by atoms with Gasteiger partial charge in [0.2, 0.25) is 5.91 Å². The van der Waals surface area contributed by atoms with Gasteiger partial charge in [-0.05, 0) is 56.9 Å². The van der Waals surface area contributed by atoms with Crippen LogP contribution in [0.15, 0.2) is 40.2 Å². The topological polar surface area (TPSA) is 134 Å². The van der Waals surface area contributed by atoms with Crippen molar-refractivity contribution in [1.82, 2.24) is 29.0 Å². The summed E-state index contributed by atoms with van der Waals surface area (Å²) in [5, 5.41) is 17.3. The summed E-state index contributed by atoms with van der Waals surface area (Å²) in [7, 11) is 3.05. The summed E-state index contributed by atoms with van der Waals surface area (Å²) in [6, 6.07) is 3.25. The van der Waals surface area contributed by atoms with Gasteiger partial charge in [-0.25, -0.2) is 13.8 Å². The number of likely N-dealkylation sites (tertiary alicyclic amines) is 1. The molecule has 3 aromatic heterocycles. The van der Waals surface area contributed by atoms with Crippen molar-refractivity contribution in [2.75, 3.05) is 40.5 Å². The van der Waals surface area contributed by atoms with Crippen LogP contribution in [0.25, 0.3) is 15.2 Å². The summed E-state index contributed by atoms with van der Waals surface area (Å²) in [6.07, 6.45) is 5.13. The molecule has 1 fully saturated rings. The number of thiophene rings is 1. The third-order valence-electron chi connectivity index (χ3n) is 7.12. The largest absolute Gasteiger partial charge is 0.496 e. The van der Waals surface area contributed by atoms with Crippen LogP contribution in [0.3, 0.4) is 0 Å². The minimum absolute atomic E-state index is 0. The molecule has 1 saturated heterocycles. The lowest BCUT2D eigenvalue weighted by atomic mass is 10.1. The summed E-state index contributed by atoms with van der Waals surface area (Å²) < 4.78 is 26.3. The second kappa shape index (κ2) is 15.5. The summed E-state index contributed by atoms with van der Waals surface area (Å²) in [4.78, 5) is 44.4. The van der Waals surface area contributed by atoms with E-state index in [1.54, 1.807) is 25.9 Å². The van der Waals surface area contributed by atoms with Gasteiger partial charge in [0.1, 0.15) is 27.4 Å². The van der Waals surface area contributed by atoms with Crippen LogP contribution in [0.5, 0.6) is 5.75 Å². The third-order valence-corrected chi connectivity index (χ3v) is 8.40. The van der Waals surface area contributed by atoms with E-state index >= 15 is 0 Å². The Balaban J connectivity index is 0.000000781. The zero-order valence-corrected chi connectivity index (χ0v) is 27.6. The van der Waals surface area contributed by atoms with E-state index in [2.05, 4.69) is 14.9 Å². The molecule has 0 aliphatic carbocycles. The number of halogens is 2. The molecular formula is C28H36FIN6O6S. The zero-order chi connectivity index (χ0) is 30.4. The number of ether oxygens (including phenoxy) is 2. The number of carbonyl (C=O) groups excluding carboxylic acids is 1. The van der Waals surface area contributed by atoms with Crippen molar-refractivity contribution in [3.63, 3.8) is 0 Å². The first kappa shape index (κ1) is 34.3. The number of hydrogen-bond donors (Lipinski definition) is 1. The molecule has 4 aromatic rings. The molecule has 1 atom stereocenters. The highest BCUT2D eigenvalue weighted by Crippen LogP contribution is 2.31. The number of carbonyl (C=O) groups is 1. The number of aliphatic hydroxyl groups is 1. The number of rotatable bonds is 9. The zero-order valence-electron chi connectivity index (χ0n) is 24.5. The Kier molecular flexibility index (Phi) is 12.4. The number of nitrogens with zero attached hydrogens (tertiary/aromatic N) is 6. The fourth-order valence-electron chi connectivity index (χ4n) is 4.98.